The molecule has 0 bridgehead atoms. The molecular weight excluding hydrogens is 362 g/mol. The van der Waals surface area contributed by atoms with Crippen LogP contribution < -0.4 is 9.47 Å². The molecule has 7 heteroatoms. The molecule has 1 amide bonds. The number of fused-ring (bicyclic) bond motifs is 1. The fourth-order valence-corrected chi connectivity index (χ4v) is 3.26. The number of carbonyl (C=O) groups excluding carboxylic acids is 2. The van der Waals surface area contributed by atoms with E-state index in [4.69, 9.17) is 18.9 Å². The molecule has 0 spiro atoms. The average Bonchev–Trinajstić information content (AvgIpc) is 2.58. The van der Waals surface area contributed by atoms with Crippen LogP contribution in [0.25, 0.3) is 0 Å². The van der Waals surface area contributed by atoms with Gasteiger partial charge in [-0.1, -0.05) is 0 Å². The van der Waals surface area contributed by atoms with Gasteiger partial charge in [-0.15, -0.1) is 0 Å². The van der Waals surface area contributed by atoms with Crippen LogP contribution in [0.2, 0.25) is 0 Å². The smallest absolute Gasteiger partial charge is 0.410 e. The molecule has 0 saturated heterocycles. The van der Waals surface area contributed by atoms with Gasteiger partial charge in [-0.3, -0.25) is 4.79 Å². The molecule has 0 radical (unpaired) electrons. The highest BCUT2D eigenvalue weighted by Crippen LogP contribution is 2.40. The van der Waals surface area contributed by atoms with Crippen molar-refractivity contribution < 1.29 is 28.5 Å². The number of esters is 1. The fraction of sp³-hybridized carbons (Fsp3) is 0.619. The number of nitrogens with zero attached hydrogens (tertiary/aromatic N) is 1. The maximum absolute atomic E-state index is 12.8. The summed E-state index contributed by atoms with van der Waals surface area (Å²) in [6.45, 7) is 9.49. The van der Waals surface area contributed by atoms with Crippen LogP contribution in [0.5, 0.6) is 11.5 Å². The Labute approximate surface area is 166 Å². The van der Waals surface area contributed by atoms with E-state index >= 15 is 0 Å². The Morgan fingerprint density at radius 1 is 1.14 bits per heavy atom. The number of hydrogen-bond donors (Lipinski definition) is 0. The standard InChI is InChI=1S/C21H31NO6/c1-13(2)27-19(23)12-16-15-11-18(26-7)17(25-6)10-14(15)8-9-22(16)20(24)28-21(3,4)5/h10-11,13,16H,8-9,12H2,1-7H3. The van der Waals surface area contributed by atoms with Gasteiger partial charge in [-0.2, -0.15) is 0 Å². The van der Waals surface area contributed by atoms with E-state index in [1.54, 1.807) is 33.0 Å². The van der Waals surface area contributed by atoms with E-state index < -0.39 is 17.7 Å². The van der Waals surface area contributed by atoms with Gasteiger partial charge in [0.15, 0.2) is 11.5 Å². The lowest BCUT2D eigenvalue weighted by Gasteiger charge is -2.38. The molecule has 1 aliphatic rings. The minimum absolute atomic E-state index is 0.0416. The molecule has 0 N–H and O–H groups in total. The minimum atomic E-state index is -0.627. The van der Waals surface area contributed by atoms with Gasteiger partial charge in [-0.05, 0) is 64.3 Å². The van der Waals surface area contributed by atoms with E-state index in [-0.39, 0.29) is 18.5 Å². The first kappa shape index (κ1) is 21.9. The molecule has 28 heavy (non-hydrogen) atoms. The number of ether oxygens (including phenoxy) is 4. The summed E-state index contributed by atoms with van der Waals surface area (Å²) in [7, 11) is 3.14. The number of hydrogen-bond acceptors (Lipinski definition) is 6. The lowest BCUT2D eigenvalue weighted by Crippen LogP contribution is -2.44. The van der Waals surface area contributed by atoms with Gasteiger partial charge in [0.2, 0.25) is 0 Å². The third-order valence-electron chi connectivity index (χ3n) is 4.36. The highest BCUT2D eigenvalue weighted by molar-refractivity contribution is 5.74. The van der Waals surface area contributed by atoms with E-state index in [2.05, 4.69) is 0 Å². The van der Waals surface area contributed by atoms with Crippen LogP contribution in [0.3, 0.4) is 0 Å². The molecule has 1 unspecified atom stereocenters. The normalized spacial score (nSPS) is 16.4. The first-order chi connectivity index (χ1) is 13.1. The molecule has 2 rings (SSSR count). The molecule has 0 fully saturated rings. The van der Waals surface area contributed by atoms with Gasteiger partial charge >= 0.3 is 12.1 Å². The van der Waals surface area contributed by atoms with E-state index in [1.807, 2.05) is 32.9 Å². The summed E-state index contributed by atoms with van der Waals surface area (Å²) in [5.41, 5.74) is 1.23. The van der Waals surface area contributed by atoms with Crippen LogP contribution >= 0.6 is 0 Å². The second-order valence-electron chi connectivity index (χ2n) is 8.09. The lowest BCUT2D eigenvalue weighted by molar-refractivity contribution is -0.148. The van der Waals surface area contributed by atoms with Gasteiger partial charge in [0.25, 0.3) is 0 Å². The fourth-order valence-electron chi connectivity index (χ4n) is 3.26. The van der Waals surface area contributed by atoms with Crippen molar-refractivity contribution in [2.45, 2.75) is 65.2 Å². The Morgan fingerprint density at radius 3 is 2.29 bits per heavy atom. The number of amides is 1. The predicted molar refractivity (Wildman–Crippen MR) is 105 cm³/mol. The van der Waals surface area contributed by atoms with Crippen molar-refractivity contribution in [1.82, 2.24) is 4.90 Å². The van der Waals surface area contributed by atoms with Crippen LogP contribution in [-0.4, -0.2) is 49.4 Å². The molecule has 1 aliphatic heterocycles. The molecule has 156 valence electrons. The zero-order chi connectivity index (χ0) is 21.1. The Kier molecular flexibility index (Phi) is 6.80. The Bertz CT molecular complexity index is 722. The average molecular weight is 393 g/mol. The van der Waals surface area contributed by atoms with Crippen LogP contribution in [0.1, 0.15) is 58.2 Å². The topological polar surface area (TPSA) is 74.3 Å². The summed E-state index contributed by atoms with van der Waals surface area (Å²) >= 11 is 0. The molecule has 0 saturated carbocycles. The van der Waals surface area contributed by atoms with Crippen molar-refractivity contribution >= 4 is 12.1 Å². The van der Waals surface area contributed by atoms with Crippen LogP contribution in [0.15, 0.2) is 12.1 Å². The molecule has 7 nitrogen and oxygen atoms in total. The summed E-state index contributed by atoms with van der Waals surface area (Å²) in [4.78, 5) is 26.8. The van der Waals surface area contributed by atoms with E-state index in [1.165, 1.54) is 0 Å². The zero-order valence-corrected chi connectivity index (χ0v) is 17.8. The molecule has 0 aromatic heterocycles. The second-order valence-corrected chi connectivity index (χ2v) is 8.09. The van der Waals surface area contributed by atoms with E-state index in [9.17, 15) is 9.59 Å². The first-order valence-electron chi connectivity index (χ1n) is 9.49. The highest BCUT2D eigenvalue weighted by Gasteiger charge is 2.36. The number of methoxy groups -OCH3 is 2. The van der Waals surface area contributed by atoms with E-state index in [0.717, 1.165) is 11.1 Å². The van der Waals surface area contributed by atoms with Gasteiger partial charge < -0.3 is 23.8 Å². The van der Waals surface area contributed by atoms with Crippen molar-refractivity contribution in [3.63, 3.8) is 0 Å². The van der Waals surface area contributed by atoms with Crippen LogP contribution in [0.4, 0.5) is 4.79 Å². The van der Waals surface area contributed by atoms with E-state index in [0.29, 0.717) is 24.5 Å². The molecule has 1 aromatic carbocycles. The third-order valence-corrected chi connectivity index (χ3v) is 4.36. The van der Waals surface area contributed by atoms with Gasteiger partial charge in [-0.25, -0.2) is 4.79 Å². The second kappa shape index (κ2) is 8.71. The quantitative estimate of drug-likeness (QED) is 0.707. The van der Waals surface area contributed by atoms with Crippen LogP contribution in [-0.2, 0) is 20.7 Å². The molecule has 1 heterocycles. The first-order valence-corrected chi connectivity index (χ1v) is 9.49. The summed E-state index contributed by atoms with van der Waals surface area (Å²) in [6.07, 6.45) is -0.00360. The van der Waals surface area contributed by atoms with Gasteiger partial charge in [0, 0.05) is 6.54 Å². The molecule has 1 aromatic rings. The maximum atomic E-state index is 12.8. The summed E-state index contributed by atoms with van der Waals surface area (Å²) in [5, 5.41) is 0. The number of rotatable bonds is 5. The largest absolute Gasteiger partial charge is 0.493 e. The highest BCUT2D eigenvalue weighted by atomic mass is 16.6. The molecule has 0 aliphatic carbocycles. The Hall–Kier alpha value is -2.44. The van der Waals surface area contributed by atoms with Crippen molar-refractivity contribution in [3.8, 4) is 11.5 Å². The van der Waals surface area contributed by atoms with Crippen LogP contribution in [0, 0.1) is 0 Å². The van der Waals surface area contributed by atoms with Crippen molar-refractivity contribution in [3.05, 3.63) is 23.3 Å². The van der Waals surface area contributed by atoms with Crippen molar-refractivity contribution in [2.75, 3.05) is 20.8 Å². The third kappa shape index (κ3) is 5.30. The summed E-state index contributed by atoms with van der Waals surface area (Å²) < 4.78 is 21.7. The summed E-state index contributed by atoms with van der Waals surface area (Å²) in [6, 6.07) is 3.24. The van der Waals surface area contributed by atoms with Gasteiger partial charge in [0.05, 0.1) is 32.8 Å². The minimum Gasteiger partial charge on any atom is -0.493 e. The monoisotopic (exact) mass is 393 g/mol. The number of carbonyl (C=O) groups is 2. The Balaban J connectivity index is 2.43. The van der Waals surface area contributed by atoms with Crippen molar-refractivity contribution in [2.24, 2.45) is 0 Å². The lowest BCUT2D eigenvalue weighted by atomic mass is 9.90. The van der Waals surface area contributed by atoms with Crippen molar-refractivity contribution in [1.29, 1.82) is 0 Å². The summed E-state index contributed by atoms with van der Waals surface area (Å²) in [5.74, 6) is 0.807. The zero-order valence-electron chi connectivity index (χ0n) is 17.8. The predicted octanol–water partition coefficient (Wildman–Crippen LogP) is 3.88. The number of benzene rings is 1. The molecule has 1 atom stereocenters. The maximum Gasteiger partial charge on any atom is 0.410 e. The molecular formula is C21H31NO6. The van der Waals surface area contributed by atoms with Gasteiger partial charge in [0.1, 0.15) is 5.60 Å². The Morgan fingerprint density at radius 2 is 1.75 bits per heavy atom. The SMILES string of the molecule is COc1cc2c(cc1OC)C(CC(=O)OC(C)C)N(C(=O)OC(C)(C)C)CC2.